The van der Waals surface area contributed by atoms with Crippen LogP contribution in [-0.2, 0) is 6.61 Å². The van der Waals surface area contributed by atoms with Crippen molar-refractivity contribution >= 4 is 22.8 Å². The van der Waals surface area contributed by atoms with E-state index in [1.807, 2.05) is 30.5 Å². The molecular formula is C23H24N4O. The Kier molecular flexibility index (Phi) is 5.24. The average molecular weight is 372 g/mol. The van der Waals surface area contributed by atoms with E-state index in [0.717, 1.165) is 34.8 Å². The molecule has 1 aromatic heterocycles. The lowest BCUT2D eigenvalue weighted by Crippen LogP contribution is -2.34. The van der Waals surface area contributed by atoms with Gasteiger partial charge in [-0.2, -0.15) is 0 Å². The summed E-state index contributed by atoms with van der Waals surface area (Å²) in [5.74, 6) is 2.51. The number of anilines is 1. The lowest BCUT2D eigenvalue weighted by Gasteiger charge is -2.20. The molecule has 0 fully saturated rings. The second-order valence-corrected chi connectivity index (χ2v) is 6.89. The Morgan fingerprint density at radius 1 is 1.11 bits per heavy atom. The number of rotatable bonds is 6. The first kappa shape index (κ1) is 18.0. The van der Waals surface area contributed by atoms with Gasteiger partial charge in [-0.15, -0.1) is 0 Å². The van der Waals surface area contributed by atoms with Crippen molar-refractivity contribution in [2.24, 2.45) is 4.99 Å². The van der Waals surface area contributed by atoms with Gasteiger partial charge in [0.1, 0.15) is 24.0 Å². The van der Waals surface area contributed by atoms with Crippen molar-refractivity contribution in [2.45, 2.75) is 32.9 Å². The SMILES string of the molecule is CCC1C=NC=C(Nc2cc(COc3ccc(C)c4ccccc34)ccn2)N1. The van der Waals surface area contributed by atoms with Crippen LogP contribution >= 0.6 is 0 Å². The predicted octanol–water partition coefficient (Wildman–Crippen LogP) is 4.79. The lowest BCUT2D eigenvalue weighted by atomic mass is 10.0. The molecule has 2 heterocycles. The summed E-state index contributed by atoms with van der Waals surface area (Å²) >= 11 is 0. The maximum Gasteiger partial charge on any atom is 0.131 e. The predicted molar refractivity (Wildman–Crippen MR) is 115 cm³/mol. The molecule has 1 aliphatic rings. The van der Waals surface area contributed by atoms with E-state index in [2.05, 4.69) is 58.7 Å². The van der Waals surface area contributed by atoms with E-state index in [4.69, 9.17) is 4.74 Å². The Hall–Kier alpha value is -3.34. The van der Waals surface area contributed by atoms with Gasteiger partial charge in [0.25, 0.3) is 0 Å². The summed E-state index contributed by atoms with van der Waals surface area (Å²) in [5, 5.41) is 9.03. The van der Waals surface area contributed by atoms with Crippen LogP contribution in [0.5, 0.6) is 5.75 Å². The van der Waals surface area contributed by atoms with Crippen LogP contribution in [0.4, 0.5) is 5.82 Å². The van der Waals surface area contributed by atoms with E-state index in [1.165, 1.54) is 10.9 Å². The van der Waals surface area contributed by atoms with Crippen LogP contribution in [0.2, 0.25) is 0 Å². The Labute approximate surface area is 165 Å². The molecule has 1 unspecified atom stereocenters. The minimum atomic E-state index is 0.244. The van der Waals surface area contributed by atoms with E-state index < -0.39 is 0 Å². The van der Waals surface area contributed by atoms with Gasteiger partial charge in [0.05, 0.1) is 12.2 Å². The zero-order valence-electron chi connectivity index (χ0n) is 16.1. The molecule has 1 atom stereocenters. The smallest absolute Gasteiger partial charge is 0.131 e. The van der Waals surface area contributed by atoms with Crippen molar-refractivity contribution in [3.05, 3.63) is 77.9 Å². The Balaban J connectivity index is 1.47. The summed E-state index contributed by atoms with van der Waals surface area (Å²) in [6, 6.07) is 16.7. The molecule has 3 aromatic rings. The number of benzene rings is 2. The Morgan fingerprint density at radius 2 is 1.96 bits per heavy atom. The monoisotopic (exact) mass is 372 g/mol. The Bertz CT molecular complexity index is 1040. The molecule has 142 valence electrons. The van der Waals surface area contributed by atoms with Crippen molar-refractivity contribution in [3.8, 4) is 5.75 Å². The zero-order chi connectivity index (χ0) is 19.3. The average Bonchev–Trinajstić information content (AvgIpc) is 2.74. The van der Waals surface area contributed by atoms with E-state index >= 15 is 0 Å². The summed E-state index contributed by atoms with van der Waals surface area (Å²) < 4.78 is 6.13. The number of aromatic nitrogens is 1. The van der Waals surface area contributed by atoms with Crippen LogP contribution in [0.3, 0.4) is 0 Å². The molecule has 5 nitrogen and oxygen atoms in total. The van der Waals surface area contributed by atoms with Crippen LogP contribution in [-0.4, -0.2) is 17.2 Å². The van der Waals surface area contributed by atoms with Crippen LogP contribution in [0, 0.1) is 6.92 Å². The van der Waals surface area contributed by atoms with E-state index in [-0.39, 0.29) is 6.04 Å². The van der Waals surface area contributed by atoms with E-state index in [0.29, 0.717) is 6.61 Å². The maximum absolute atomic E-state index is 6.13. The third-order valence-corrected chi connectivity index (χ3v) is 4.83. The van der Waals surface area contributed by atoms with Gasteiger partial charge in [0, 0.05) is 17.8 Å². The highest BCUT2D eigenvalue weighted by molar-refractivity contribution is 5.90. The lowest BCUT2D eigenvalue weighted by molar-refractivity contribution is 0.310. The third-order valence-electron chi connectivity index (χ3n) is 4.83. The first-order chi connectivity index (χ1) is 13.7. The van der Waals surface area contributed by atoms with Gasteiger partial charge in [0.2, 0.25) is 0 Å². The second kappa shape index (κ2) is 8.13. The minimum Gasteiger partial charge on any atom is -0.488 e. The van der Waals surface area contributed by atoms with Crippen molar-refractivity contribution in [3.63, 3.8) is 0 Å². The van der Waals surface area contributed by atoms with Crippen LogP contribution in [0.25, 0.3) is 10.8 Å². The number of nitrogens with zero attached hydrogens (tertiary/aromatic N) is 2. The molecule has 0 bridgehead atoms. The first-order valence-electron chi connectivity index (χ1n) is 9.56. The van der Waals surface area contributed by atoms with Crippen molar-refractivity contribution in [1.82, 2.24) is 10.3 Å². The maximum atomic E-state index is 6.13. The number of hydrogen-bond donors (Lipinski definition) is 2. The van der Waals surface area contributed by atoms with E-state index in [1.54, 1.807) is 12.4 Å². The summed E-state index contributed by atoms with van der Waals surface area (Å²) in [6.45, 7) is 4.72. The first-order valence-corrected chi connectivity index (χ1v) is 9.56. The van der Waals surface area contributed by atoms with Crippen molar-refractivity contribution in [1.29, 1.82) is 0 Å². The van der Waals surface area contributed by atoms with Gasteiger partial charge >= 0.3 is 0 Å². The highest BCUT2D eigenvalue weighted by atomic mass is 16.5. The molecule has 4 rings (SSSR count). The van der Waals surface area contributed by atoms with Crippen LogP contribution in [0.15, 0.2) is 71.7 Å². The normalized spacial score (nSPS) is 15.8. The standard InChI is InChI=1S/C23H24N4O/c1-3-18-13-24-14-23(26-18)27-22-12-17(10-11-25-22)15-28-21-9-8-16(2)19-6-4-5-7-20(19)21/h4-14,18,26H,3,15H2,1-2H3,(H,25,27). The van der Waals surface area contributed by atoms with Gasteiger partial charge in [-0.1, -0.05) is 37.3 Å². The quantitative estimate of drug-likeness (QED) is 0.653. The topological polar surface area (TPSA) is 58.5 Å². The van der Waals surface area contributed by atoms with Crippen molar-refractivity contribution < 1.29 is 4.74 Å². The van der Waals surface area contributed by atoms with Gasteiger partial charge in [0.15, 0.2) is 0 Å². The number of aliphatic imine (C=N–C) groups is 1. The highest BCUT2D eigenvalue weighted by Crippen LogP contribution is 2.28. The van der Waals surface area contributed by atoms with Crippen LogP contribution in [0.1, 0.15) is 24.5 Å². The molecular weight excluding hydrogens is 348 g/mol. The summed E-state index contributed by atoms with van der Waals surface area (Å²) in [5.41, 5.74) is 2.30. The summed E-state index contributed by atoms with van der Waals surface area (Å²) in [6.07, 6.45) is 6.46. The number of nitrogens with one attached hydrogen (secondary N) is 2. The second-order valence-electron chi connectivity index (χ2n) is 6.89. The fraction of sp³-hybridized carbons (Fsp3) is 0.217. The van der Waals surface area contributed by atoms with Gasteiger partial charge in [-0.05, 0) is 48.1 Å². The number of aryl methyl sites for hydroxylation is 1. The van der Waals surface area contributed by atoms with E-state index in [9.17, 15) is 0 Å². The Morgan fingerprint density at radius 3 is 2.82 bits per heavy atom. The van der Waals surface area contributed by atoms with Gasteiger partial charge in [-0.3, -0.25) is 4.99 Å². The molecule has 0 saturated heterocycles. The molecule has 2 aromatic carbocycles. The number of fused-ring (bicyclic) bond motifs is 1. The fourth-order valence-corrected chi connectivity index (χ4v) is 3.25. The molecule has 0 amide bonds. The zero-order valence-corrected chi connectivity index (χ0v) is 16.1. The molecule has 2 N–H and O–H groups in total. The number of hydrogen-bond acceptors (Lipinski definition) is 5. The molecule has 5 heteroatoms. The third kappa shape index (κ3) is 3.98. The number of ether oxygens (including phenoxy) is 1. The minimum absolute atomic E-state index is 0.244. The molecule has 0 spiro atoms. The van der Waals surface area contributed by atoms with Gasteiger partial charge in [-0.25, -0.2) is 4.98 Å². The molecule has 28 heavy (non-hydrogen) atoms. The molecule has 0 saturated carbocycles. The molecule has 1 aliphatic heterocycles. The summed E-state index contributed by atoms with van der Waals surface area (Å²) in [7, 11) is 0. The van der Waals surface area contributed by atoms with Crippen LogP contribution < -0.4 is 15.4 Å². The largest absolute Gasteiger partial charge is 0.488 e. The molecule has 0 aliphatic carbocycles. The van der Waals surface area contributed by atoms with Crippen molar-refractivity contribution in [2.75, 3.05) is 5.32 Å². The fourth-order valence-electron chi connectivity index (χ4n) is 3.25. The summed E-state index contributed by atoms with van der Waals surface area (Å²) in [4.78, 5) is 8.68. The molecule has 0 radical (unpaired) electrons. The number of pyridine rings is 1. The van der Waals surface area contributed by atoms with Gasteiger partial charge < -0.3 is 15.4 Å². The highest BCUT2D eigenvalue weighted by Gasteiger charge is 2.10.